The van der Waals surface area contributed by atoms with Gasteiger partial charge >= 0.3 is 22.4 Å². The Morgan fingerprint density at radius 1 is 0.560 bits per heavy atom. The molecule has 10 heteroatoms. The van der Waals surface area contributed by atoms with Crippen LogP contribution < -0.4 is 0 Å². The molecule has 0 amide bonds. The molecular weight excluding hydrogens is 664 g/mol. The third-order valence-electron chi connectivity index (χ3n) is 1.25. The molecule has 0 aromatic heterocycles. The minimum Gasteiger partial charge on any atom is -0.397 e. The van der Waals surface area contributed by atoms with Gasteiger partial charge in [-0.1, -0.05) is 32.1 Å². The molecule has 1 rings (SSSR count). The maximum Gasteiger partial charge on any atom is 2.00 e. The van der Waals surface area contributed by atoms with E-state index in [1.807, 2.05) is 0 Å². The minimum absolute atomic E-state index is 0. The molecule has 0 atom stereocenters. The van der Waals surface area contributed by atoms with Crippen molar-refractivity contribution < 1.29 is 70.3 Å². The first-order valence-corrected chi connectivity index (χ1v) is 8.02. The summed E-state index contributed by atoms with van der Waals surface area (Å²) in [5, 5.41) is 37.8. The van der Waals surface area contributed by atoms with E-state index < -0.39 is 0 Å². The molecule has 0 spiro atoms. The summed E-state index contributed by atoms with van der Waals surface area (Å²) in [4.78, 5) is 1.50. The second kappa shape index (κ2) is 102. The van der Waals surface area contributed by atoms with Crippen molar-refractivity contribution in [2.75, 3.05) is 33.0 Å². The largest absolute Gasteiger partial charge is 2.00 e. The van der Waals surface area contributed by atoms with Crippen molar-refractivity contribution in [3.63, 3.8) is 0 Å². The van der Waals surface area contributed by atoms with Crippen molar-refractivity contribution in [2.24, 2.45) is 0 Å². The van der Waals surface area contributed by atoms with Crippen LogP contribution in [-0.4, -0.2) is 58.6 Å². The Hall–Kier alpha value is 0.591. The third-order valence-corrected chi connectivity index (χ3v) is 1.25. The molecule has 5 N–H and O–H groups in total. The van der Waals surface area contributed by atoms with Crippen LogP contribution in [0.1, 0.15) is 66.7 Å². The zero-order valence-electron chi connectivity index (χ0n) is 16.5. The van der Waals surface area contributed by atoms with Crippen LogP contribution in [0.15, 0.2) is 0 Å². The first kappa shape index (κ1) is 50.0. The minimum atomic E-state index is 0. The normalized spacial score (nSPS) is 8.72. The predicted molar refractivity (Wildman–Crippen MR) is 97.0 cm³/mol. The van der Waals surface area contributed by atoms with Crippen LogP contribution >= 0.6 is 0 Å². The summed E-state index contributed by atoms with van der Waals surface area (Å²) in [5.74, 6) is 0. The van der Waals surface area contributed by atoms with Gasteiger partial charge < -0.3 is 36.6 Å². The molecule has 0 aromatic carbocycles. The molecule has 0 aliphatic heterocycles. The van der Waals surface area contributed by atoms with Crippen molar-refractivity contribution in [3.8, 4) is 0 Å². The van der Waals surface area contributed by atoms with Crippen LogP contribution in [-0.2, 0) is 44.8 Å². The van der Waals surface area contributed by atoms with Crippen LogP contribution in [0, 0.1) is 0 Å². The van der Waals surface area contributed by atoms with Gasteiger partial charge in [0.25, 0.3) is 0 Å². The molecule has 8 nitrogen and oxygen atoms in total. The predicted octanol–water partition coefficient (Wildman–Crippen LogP) is 2.80. The van der Waals surface area contributed by atoms with Crippen molar-refractivity contribution >= 4 is 0 Å². The number of aliphatic hydroxyl groups excluding tert-OH is 5. The molecule has 1 aliphatic carbocycles. The molecule has 0 aromatic rings. The SMILES string of the molecule is C1CCCC1.CCO.CCO.CCO.CCO.CCO.[N-]=[N+]=[N-].[Ta+2].[Ta]. The summed E-state index contributed by atoms with van der Waals surface area (Å²) < 4.78 is 0. The summed E-state index contributed by atoms with van der Waals surface area (Å²) in [5.41, 5.74) is 13.5. The molecule has 154 valence electrons. The van der Waals surface area contributed by atoms with Gasteiger partial charge in [-0.3, -0.25) is 4.91 Å². The molecule has 25 heavy (non-hydrogen) atoms. The zero-order chi connectivity index (χ0) is 19.8. The van der Waals surface area contributed by atoms with Gasteiger partial charge in [-0.25, -0.2) is 0 Å². The average Bonchev–Trinajstić information content (AvgIpc) is 3.02. The Balaban J connectivity index is -0.0000000225. The van der Waals surface area contributed by atoms with Gasteiger partial charge in [-0.2, -0.15) is 0 Å². The van der Waals surface area contributed by atoms with E-state index in [1.165, 1.54) is 37.0 Å². The van der Waals surface area contributed by atoms with Crippen molar-refractivity contribution in [1.82, 2.24) is 0 Å². The quantitative estimate of drug-likeness (QED) is 0.149. The van der Waals surface area contributed by atoms with E-state index in [9.17, 15) is 0 Å². The Morgan fingerprint density at radius 2 is 0.600 bits per heavy atom. The van der Waals surface area contributed by atoms with Crippen molar-refractivity contribution in [2.45, 2.75) is 66.7 Å². The first-order valence-electron chi connectivity index (χ1n) is 8.02. The number of hydrogen-bond donors (Lipinski definition) is 5. The summed E-state index contributed by atoms with van der Waals surface area (Å²) in [6.45, 7) is 9.65. The Labute approximate surface area is 185 Å². The second-order valence-corrected chi connectivity index (χ2v) is 3.44. The average molecular weight is 704 g/mol. The fourth-order valence-corrected chi connectivity index (χ4v) is 0.884. The topological polar surface area (TPSA) is 160 Å². The van der Waals surface area contributed by atoms with E-state index in [0.717, 1.165) is 0 Å². The maximum absolute atomic E-state index is 7.57. The zero-order valence-corrected chi connectivity index (χ0v) is 23.0. The van der Waals surface area contributed by atoms with E-state index >= 15 is 0 Å². The number of aliphatic hydroxyl groups is 5. The summed E-state index contributed by atoms with van der Waals surface area (Å²) in [7, 11) is 0. The van der Waals surface area contributed by atoms with Gasteiger partial charge in [-0.15, -0.1) is 0 Å². The fourth-order valence-electron chi connectivity index (χ4n) is 0.884. The van der Waals surface area contributed by atoms with E-state index in [-0.39, 0.29) is 77.8 Å². The van der Waals surface area contributed by atoms with Crippen LogP contribution in [0.4, 0.5) is 0 Å². The molecule has 1 aliphatic rings. The molecule has 2 radical (unpaired) electrons. The standard InChI is InChI=1S/C5H10.5C2H6O.N3.2Ta/c1-2-4-5-3-1;5*1-2-3;1-3-2;;/h1-5H2;5*3H,2H2,1H3;;;/q;;;;;;-1;;+2. The number of hydrogen-bond acceptors (Lipinski definition) is 5. The second-order valence-electron chi connectivity index (χ2n) is 3.44. The molecule has 1 fully saturated rings. The Bertz CT molecular complexity index is 134. The van der Waals surface area contributed by atoms with Crippen LogP contribution in [0.5, 0.6) is 0 Å². The van der Waals surface area contributed by atoms with Crippen LogP contribution in [0.3, 0.4) is 0 Å². The summed E-state index contributed by atoms with van der Waals surface area (Å²) in [6.07, 6.45) is 7.50. The van der Waals surface area contributed by atoms with Gasteiger partial charge in [0.2, 0.25) is 0 Å². The van der Waals surface area contributed by atoms with Gasteiger partial charge in [-0.05, 0) is 34.6 Å². The van der Waals surface area contributed by atoms with Gasteiger partial charge in [0.15, 0.2) is 0 Å². The number of nitrogens with zero attached hydrogens (tertiary/aromatic N) is 3. The first-order chi connectivity index (χ1) is 11.0. The third kappa shape index (κ3) is 402. The van der Waals surface area contributed by atoms with Gasteiger partial charge in [0.05, 0.1) is 0 Å². The van der Waals surface area contributed by atoms with E-state index in [1.54, 1.807) is 34.6 Å². The Kier molecular flexibility index (Phi) is 204. The monoisotopic (exact) mass is 704 g/mol. The van der Waals surface area contributed by atoms with Gasteiger partial charge in [0.1, 0.15) is 0 Å². The van der Waals surface area contributed by atoms with Crippen LogP contribution in [0.2, 0.25) is 0 Å². The summed E-state index contributed by atoms with van der Waals surface area (Å²) >= 11 is 0. The van der Waals surface area contributed by atoms with E-state index in [2.05, 4.69) is 0 Å². The molecule has 1 saturated carbocycles. The van der Waals surface area contributed by atoms with Gasteiger partial charge in [0, 0.05) is 55.4 Å². The number of rotatable bonds is 0. The van der Waals surface area contributed by atoms with Crippen molar-refractivity contribution in [3.05, 3.63) is 16.0 Å². The smallest absolute Gasteiger partial charge is 0.397 e. The summed E-state index contributed by atoms with van der Waals surface area (Å²) in [6, 6.07) is 0. The van der Waals surface area contributed by atoms with E-state index in [0.29, 0.717) is 0 Å². The Morgan fingerprint density at radius 3 is 0.640 bits per heavy atom. The van der Waals surface area contributed by atoms with Crippen LogP contribution in [0.25, 0.3) is 16.0 Å². The van der Waals surface area contributed by atoms with Crippen molar-refractivity contribution in [1.29, 1.82) is 0 Å². The maximum atomic E-state index is 7.57. The molecule has 0 unspecified atom stereocenters. The molecule has 0 saturated heterocycles. The molecule has 0 heterocycles. The van der Waals surface area contributed by atoms with E-state index in [4.69, 9.17) is 36.6 Å². The molecular formula is C15H40N3O5Ta2+. The fraction of sp³-hybridized carbons (Fsp3) is 1.00. The molecule has 0 bridgehead atoms.